The summed E-state index contributed by atoms with van der Waals surface area (Å²) in [5, 5.41) is 8.65. The fraction of sp³-hybridized carbons (Fsp3) is 0.611. The summed E-state index contributed by atoms with van der Waals surface area (Å²) >= 11 is 0. The molecule has 2 aromatic heterocycles. The topological polar surface area (TPSA) is 65.2 Å². The van der Waals surface area contributed by atoms with E-state index in [0.717, 1.165) is 29.8 Å². The summed E-state index contributed by atoms with van der Waals surface area (Å²) in [6.45, 7) is 8.90. The van der Waals surface area contributed by atoms with Crippen LogP contribution < -0.4 is 0 Å². The molecule has 1 fully saturated rings. The van der Waals surface area contributed by atoms with Gasteiger partial charge in [-0.3, -0.25) is 14.2 Å². The lowest BCUT2D eigenvalue weighted by Crippen LogP contribution is -2.42. The van der Waals surface area contributed by atoms with Crippen LogP contribution in [0, 0.1) is 5.92 Å². The Morgan fingerprint density at radius 2 is 2.16 bits per heavy atom. The maximum absolute atomic E-state index is 13.1. The number of carbonyl (C=O) groups is 1. The average molecular weight is 345 g/mol. The normalized spacial score (nSPS) is 18.1. The van der Waals surface area contributed by atoms with Gasteiger partial charge in [0.05, 0.1) is 36.8 Å². The summed E-state index contributed by atoms with van der Waals surface area (Å²) in [5.41, 5.74) is 2.74. The molecule has 3 heterocycles. The van der Waals surface area contributed by atoms with E-state index in [1.165, 1.54) is 0 Å². The smallest absolute Gasteiger partial charge is 0.257 e. The molecule has 1 amide bonds. The molecule has 0 bridgehead atoms. The predicted octanol–water partition coefficient (Wildman–Crippen LogP) is 2.05. The Morgan fingerprint density at radius 1 is 1.36 bits per heavy atom. The summed E-state index contributed by atoms with van der Waals surface area (Å²) in [5.74, 6) is 0.538. The van der Waals surface area contributed by atoms with Crippen LogP contribution in [0.25, 0.3) is 0 Å². The number of aromatic nitrogens is 4. The Hall–Kier alpha value is -2.15. The molecule has 1 aliphatic rings. The highest BCUT2D eigenvalue weighted by molar-refractivity contribution is 5.95. The summed E-state index contributed by atoms with van der Waals surface area (Å²) in [6.07, 6.45) is 6.14. The van der Waals surface area contributed by atoms with Gasteiger partial charge >= 0.3 is 0 Å². The second-order valence-corrected chi connectivity index (χ2v) is 6.99. The van der Waals surface area contributed by atoms with Gasteiger partial charge in [-0.2, -0.15) is 10.2 Å². The zero-order chi connectivity index (χ0) is 18.0. The SMILES string of the molecule is CCc1c(C(=O)N2CCO[C@@H](c3cnn(C)c3)C2)cnn1CC(C)C. The lowest BCUT2D eigenvalue weighted by Gasteiger charge is -2.32. The van der Waals surface area contributed by atoms with Crippen molar-refractivity contribution in [2.24, 2.45) is 13.0 Å². The number of aryl methyl sites for hydroxylation is 1. The van der Waals surface area contributed by atoms with Crippen molar-refractivity contribution < 1.29 is 9.53 Å². The first kappa shape index (κ1) is 17.7. The van der Waals surface area contributed by atoms with Crippen molar-refractivity contribution in [1.82, 2.24) is 24.5 Å². The molecule has 1 saturated heterocycles. The minimum Gasteiger partial charge on any atom is -0.370 e. The molecule has 1 aliphatic heterocycles. The third-order valence-corrected chi connectivity index (χ3v) is 4.50. The van der Waals surface area contributed by atoms with Crippen molar-refractivity contribution in [3.8, 4) is 0 Å². The monoisotopic (exact) mass is 345 g/mol. The number of morpholine rings is 1. The Bertz CT molecular complexity index is 734. The molecule has 136 valence electrons. The van der Waals surface area contributed by atoms with Crippen LogP contribution in [0.3, 0.4) is 0 Å². The third-order valence-electron chi connectivity index (χ3n) is 4.50. The van der Waals surface area contributed by atoms with Crippen LogP contribution in [0.5, 0.6) is 0 Å². The van der Waals surface area contributed by atoms with E-state index in [1.807, 2.05) is 22.8 Å². The number of nitrogens with zero attached hydrogens (tertiary/aromatic N) is 5. The van der Waals surface area contributed by atoms with Crippen molar-refractivity contribution in [3.63, 3.8) is 0 Å². The Morgan fingerprint density at radius 3 is 2.80 bits per heavy atom. The molecule has 7 heteroatoms. The van der Waals surface area contributed by atoms with Crippen molar-refractivity contribution in [2.75, 3.05) is 19.7 Å². The molecule has 0 saturated carbocycles. The Kier molecular flexibility index (Phi) is 5.22. The summed E-state index contributed by atoms with van der Waals surface area (Å²) in [7, 11) is 1.88. The van der Waals surface area contributed by atoms with E-state index in [9.17, 15) is 4.79 Å². The van der Waals surface area contributed by atoms with Gasteiger partial charge in [-0.15, -0.1) is 0 Å². The van der Waals surface area contributed by atoms with Crippen LogP contribution in [0.4, 0.5) is 0 Å². The predicted molar refractivity (Wildman–Crippen MR) is 94.2 cm³/mol. The van der Waals surface area contributed by atoms with Crippen molar-refractivity contribution in [3.05, 3.63) is 35.4 Å². The van der Waals surface area contributed by atoms with E-state index in [-0.39, 0.29) is 12.0 Å². The largest absolute Gasteiger partial charge is 0.370 e. The number of hydrogen-bond donors (Lipinski definition) is 0. The Labute approximate surface area is 148 Å². The van der Waals surface area contributed by atoms with Crippen molar-refractivity contribution in [2.45, 2.75) is 39.8 Å². The molecule has 0 radical (unpaired) electrons. The molecule has 3 rings (SSSR count). The molecular weight excluding hydrogens is 318 g/mol. The van der Waals surface area contributed by atoms with Gasteiger partial charge in [0.25, 0.3) is 5.91 Å². The van der Waals surface area contributed by atoms with Gasteiger partial charge in [-0.25, -0.2) is 0 Å². The lowest BCUT2D eigenvalue weighted by molar-refractivity contribution is -0.0228. The summed E-state index contributed by atoms with van der Waals surface area (Å²) < 4.78 is 9.56. The third kappa shape index (κ3) is 3.76. The van der Waals surface area contributed by atoms with Gasteiger partial charge in [0, 0.05) is 31.9 Å². The molecule has 0 aliphatic carbocycles. The van der Waals surface area contributed by atoms with Gasteiger partial charge in [0.15, 0.2) is 0 Å². The zero-order valence-electron chi connectivity index (χ0n) is 15.5. The van der Waals surface area contributed by atoms with E-state index in [0.29, 0.717) is 25.6 Å². The van der Waals surface area contributed by atoms with E-state index < -0.39 is 0 Å². The maximum atomic E-state index is 13.1. The highest BCUT2D eigenvalue weighted by atomic mass is 16.5. The van der Waals surface area contributed by atoms with Crippen LogP contribution >= 0.6 is 0 Å². The molecule has 0 aromatic carbocycles. The standard InChI is InChI=1S/C18H27N5O2/c1-5-16-15(9-20-23(16)10-13(2)3)18(24)22-6-7-25-17(12-22)14-8-19-21(4)11-14/h8-9,11,13,17H,5-7,10,12H2,1-4H3/t17-/m1/s1. The minimum absolute atomic E-state index is 0.0454. The van der Waals surface area contributed by atoms with Crippen LogP contribution in [-0.2, 0) is 24.8 Å². The average Bonchev–Trinajstić information content (AvgIpc) is 3.20. The summed E-state index contributed by atoms with van der Waals surface area (Å²) in [4.78, 5) is 14.9. The molecule has 1 atom stereocenters. The number of carbonyl (C=O) groups excluding carboxylic acids is 1. The first-order chi connectivity index (χ1) is 12.0. The fourth-order valence-corrected chi connectivity index (χ4v) is 3.28. The van der Waals surface area contributed by atoms with E-state index >= 15 is 0 Å². The molecule has 0 spiro atoms. The first-order valence-corrected chi connectivity index (χ1v) is 8.93. The number of ether oxygens (including phenoxy) is 1. The molecule has 0 N–H and O–H groups in total. The number of amides is 1. The van der Waals surface area contributed by atoms with Gasteiger partial charge < -0.3 is 9.64 Å². The number of rotatable bonds is 5. The van der Waals surface area contributed by atoms with Crippen LogP contribution in [0.2, 0.25) is 0 Å². The van der Waals surface area contributed by atoms with Crippen LogP contribution in [0.1, 0.15) is 48.5 Å². The van der Waals surface area contributed by atoms with Gasteiger partial charge in [-0.05, 0) is 12.3 Å². The molecule has 2 aromatic rings. The molecule has 25 heavy (non-hydrogen) atoms. The highest BCUT2D eigenvalue weighted by Crippen LogP contribution is 2.24. The Balaban J connectivity index is 1.77. The fourth-order valence-electron chi connectivity index (χ4n) is 3.28. The highest BCUT2D eigenvalue weighted by Gasteiger charge is 2.29. The second-order valence-electron chi connectivity index (χ2n) is 6.99. The van der Waals surface area contributed by atoms with E-state index in [2.05, 4.69) is 31.0 Å². The molecular formula is C18H27N5O2. The van der Waals surface area contributed by atoms with Gasteiger partial charge in [-0.1, -0.05) is 20.8 Å². The van der Waals surface area contributed by atoms with E-state index in [1.54, 1.807) is 17.1 Å². The van der Waals surface area contributed by atoms with Crippen molar-refractivity contribution in [1.29, 1.82) is 0 Å². The minimum atomic E-state index is -0.123. The second kappa shape index (κ2) is 7.39. The van der Waals surface area contributed by atoms with Crippen LogP contribution in [0.15, 0.2) is 18.6 Å². The van der Waals surface area contributed by atoms with Crippen molar-refractivity contribution >= 4 is 5.91 Å². The summed E-state index contributed by atoms with van der Waals surface area (Å²) in [6, 6.07) is 0. The zero-order valence-corrected chi connectivity index (χ0v) is 15.5. The van der Waals surface area contributed by atoms with Gasteiger partial charge in [0.2, 0.25) is 0 Å². The quantitative estimate of drug-likeness (QED) is 0.832. The van der Waals surface area contributed by atoms with Gasteiger partial charge in [0.1, 0.15) is 6.10 Å². The molecule has 7 nitrogen and oxygen atoms in total. The molecule has 0 unspecified atom stereocenters. The maximum Gasteiger partial charge on any atom is 0.257 e. The first-order valence-electron chi connectivity index (χ1n) is 8.93. The lowest BCUT2D eigenvalue weighted by atomic mass is 10.1. The van der Waals surface area contributed by atoms with Crippen LogP contribution in [-0.4, -0.2) is 50.1 Å². The van der Waals surface area contributed by atoms with E-state index in [4.69, 9.17) is 4.74 Å². The number of hydrogen-bond acceptors (Lipinski definition) is 4.